The molecule has 21 heavy (non-hydrogen) atoms. The van der Waals surface area contributed by atoms with E-state index >= 15 is 0 Å². The van der Waals surface area contributed by atoms with Crippen molar-refractivity contribution < 1.29 is 14.4 Å². The van der Waals surface area contributed by atoms with Crippen LogP contribution in [0.15, 0.2) is 42.6 Å². The molecule has 0 saturated heterocycles. The van der Waals surface area contributed by atoms with E-state index in [0.29, 0.717) is 0 Å². The minimum atomic E-state index is 0.774. The third-order valence-electron chi connectivity index (χ3n) is 3.50. The van der Waals surface area contributed by atoms with Crippen LogP contribution in [0.5, 0.6) is 11.5 Å². The van der Waals surface area contributed by atoms with Crippen molar-refractivity contribution >= 4 is 0 Å². The summed E-state index contributed by atoms with van der Waals surface area (Å²) < 4.78 is 10.6. The van der Waals surface area contributed by atoms with Crippen molar-refractivity contribution in [3.8, 4) is 11.5 Å². The first-order valence-corrected chi connectivity index (χ1v) is 7.15. The zero-order valence-electron chi connectivity index (χ0n) is 12.9. The lowest BCUT2D eigenvalue weighted by atomic mass is 10.1. The van der Waals surface area contributed by atoms with Crippen molar-refractivity contribution in [1.82, 2.24) is 4.98 Å². The van der Waals surface area contributed by atoms with E-state index < -0.39 is 0 Å². The van der Waals surface area contributed by atoms with E-state index in [0.717, 1.165) is 36.7 Å². The number of ether oxygens (including phenoxy) is 2. The largest absolute Gasteiger partial charge is 0.493 e. The molecule has 2 rings (SSSR count). The van der Waals surface area contributed by atoms with E-state index in [1.165, 1.54) is 10.5 Å². The smallest absolute Gasteiger partial charge is 0.160 e. The molecule has 4 heteroatoms. The first-order chi connectivity index (χ1) is 10.2. The van der Waals surface area contributed by atoms with Crippen LogP contribution in [-0.2, 0) is 13.0 Å². The predicted octanol–water partition coefficient (Wildman–Crippen LogP) is 1.36. The maximum Gasteiger partial charge on any atom is 0.160 e. The summed E-state index contributed by atoms with van der Waals surface area (Å²) in [5.41, 5.74) is 2.38. The highest BCUT2D eigenvalue weighted by Crippen LogP contribution is 2.27. The fraction of sp³-hybridized carbons (Fsp3) is 0.353. The third-order valence-corrected chi connectivity index (χ3v) is 3.50. The highest BCUT2D eigenvalue weighted by Gasteiger charge is 2.08. The molecule has 112 valence electrons. The van der Waals surface area contributed by atoms with Crippen molar-refractivity contribution in [1.29, 1.82) is 0 Å². The SMILES string of the molecule is COc1ccc(CC[NH+](C)Cc2ccccn2)cc1OC. The monoisotopic (exact) mass is 287 g/mol. The van der Waals surface area contributed by atoms with E-state index in [1.54, 1.807) is 14.2 Å². The van der Waals surface area contributed by atoms with E-state index in [2.05, 4.69) is 24.2 Å². The van der Waals surface area contributed by atoms with Crippen molar-refractivity contribution in [2.75, 3.05) is 27.8 Å². The van der Waals surface area contributed by atoms with Gasteiger partial charge in [-0.15, -0.1) is 0 Å². The lowest BCUT2D eigenvalue weighted by Gasteiger charge is -2.14. The van der Waals surface area contributed by atoms with Crippen LogP contribution in [0.1, 0.15) is 11.3 Å². The van der Waals surface area contributed by atoms with Crippen LogP contribution in [0, 0.1) is 0 Å². The highest BCUT2D eigenvalue weighted by molar-refractivity contribution is 5.42. The van der Waals surface area contributed by atoms with Gasteiger partial charge in [0.15, 0.2) is 11.5 Å². The van der Waals surface area contributed by atoms with Gasteiger partial charge >= 0.3 is 0 Å². The number of hydrogen-bond acceptors (Lipinski definition) is 3. The molecule has 0 bridgehead atoms. The summed E-state index contributed by atoms with van der Waals surface area (Å²) in [6.45, 7) is 1.99. The van der Waals surface area contributed by atoms with Gasteiger partial charge in [-0.25, -0.2) is 0 Å². The lowest BCUT2D eigenvalue weighted by molar-refractivity contribution is -0.893. The molecular weight excluding hydrogens is 264 g/mol. The Kier molecular flexibility index (Phi) is 5.58. The molecule has 0 radical (unpaired) electrons. The molecular formula is C17H23N2O2+. The Morgan fingerprint density at radius 3 is 2.52 bits per heavy atom. The van der Waals surface area contributed by atoms with Crippen LogP contribution in [0.25, 0.3) is 0 Å². The first kappa shape index (κ1) is 15.3. The number of nitrogens with zero attached hydrogens (tertiary/aromatic N) is 1. The minimum absolute atomic E-state index is 0.774. The van der Waals surface area contributed by atoms with E-state index in [4.69, 9.17) is 9.47 Å². The number of benzene rings is 1. The number of likely N-dealkylation sites (N-methyl/N-ethyl adjacent to an activating group) is 1. The summed E-state index contributed by atoms with van der Waals surface area (Å²) in [6, 6.07) is 12.1. The van der Waals surface area contributed by atoms with Gasteiger partial charge in [0.05, 0.1) is 33.5 Å². The second-order valence-corrected chi connectivity index (χ2v) is 5.14. The molecule has 1 N–H and O–H groups in total. The average molecular weight is 287 g/mol. The van der Waals surface area contributed by atoms with Gasteiger partial charge in [-0.05, 0) is 29.8 Å². The molecule has 1 heterocycles. The van der Waals surface area contributed by atoms with E-state index in [-0.39, 0.29) is 0 Å². The second-order valence-electron chi connectivity index (χ2n) is 5.14. The van der Waals surface area contributed by atoms with Crippen molar-refractivity contribution in [3.05, 3.63) is 53.9 Å². The molecule has 1 aromatic heterocycles. The second kappa shape index (κ2) is 7.64. The summed E-state index contributed by atoms with van der Waals surface area (Å²) in [4.78, 5) is 5.80. The maximum atomic E-state index is 5.34. The summed E-state index contributed by atoms with van der Waals surface area (Å²) in [5, 5.41) is 0. The van der Waals surface area contributed by atoms with Gasteiger partial charge in [-0.2, -0.15) is 0 Å². The third kappa shape index (κ3) is 4.46. The Bertz CT molecular complexity index is 558. The number of rotatable bonds is 7. The van der Waals surface area contributed by atoms with Gasteiger partial charge in [0.1, 0.15) is 6.54 Å². The molecule has 0 saturated carbocycles. The highest BCUT2D eigenvalue weighted by atomic mass is 16.5. The zero-order valence-corrected chi connectivity index (χ0v) is 12.9. The Hall–Kier alpha value is -2.07. The van der Waals surface area contributed by atoms with Gasteiger partial charge in [0, 0.05) is 12.6 Å². The number of pyridine rings is 1. The standard InChI is InChI=1S/C17H22N2O2/c1-19(13-15-6-4-5-10-18-15)11-9-14-7-8-16(20-2)17(12-14)21-3/h4-8,10,12H,9,11,13H2,1-3H3/p+1. The normalized spacial score (nSPS) is 12.0. The van der Waals surface area contributed by atoms with E-state index in [9.17, 15) is 0 Å². The Balaban J connectivity index is 1.90. The molecule has 1 unspecified atom stereocenters. The number of aromatic nitrogens is 1. The van der Waals surface area contributed by atoms with Crippen LogP contribution >= 0.6 is 0 Å². The van der Waals surface area contributed by atoms with Gasteiger partial charge < -0.3 is 14.4 Å². The molecule has 4 nitrogen and oxygen atoms in total. The number of quaternary nitrogens is 1. The molecule has 1 aromatic carbocycles. The quantitative estimate of drug-likeness (QED) is 0.835. The molecule has 0 aliphatic heterocycles. The molecule has 0 aliphatic carbocycles. The van der Waals surface area contributed by atoms with Crippen molar-refractivity contribution in [2.45, 2.75) is 13.0 Å². The summed E-state index contributed by atoms with van der Waals surface area (Å²) in [6.07, 6.45) is 2.84. The van der Waals surface area contributed by atoms with Crippen LogP contribution in [0.3, 0.4) is 0 Å². The summed E-state index contributed by atoms with van der Waals surface area (Å²) >= 11 is 0. The molecule has 1 atom stereocenters. The zero-order chi connectivity index (χ0) is 15.1. The minimum Gasteiger partial charge on any atom is -0.493 e. The van der Waals surface area contributed by atoms with Gasteiger partial charge in [0.2, 0.25) is 0 Å². The maximum absolute atomic E-state index is 5.34. The average Bonchev–Trinajstić information content (AvgIpc) is 2.53. The van der Waals surface area contributed by atoms with Gasteiger partial charge in [-0.3, -0.25) is 4.98 Å². The molecule has 2 aromatic rings. The number of nitrogens with one attached hydrogen (secondary N) is 1. The van der Waals surface area contributed by atoms with Crippen molar-refractivity contribution in [2.24, 2.45) is 0 Å². The summed E-state index contributed by atoms with van der Waals surface area (Å²) in [7, 11) is 5.51. The van der Waals surface area contributed by atoms with Crippen LogP contribution in [-0.4, -0.2) is 32.8 Å². The fourth-order valence-corrected chi connectivity index (χ4v) is 2.29. The molecule has 0 amide bonds. The van der Waals surface area contributed by atoms with Crippen LogP contribution in [0.2, 0.25) is 0 Å². The fourth-order valence-electron chi connectivity index (χ4n) is 2.29. The topological polar surface area (TPSA) is 35.8 Å². The number of methoxy groups -OCH3 is 2. The van der Waals surface area contributed by atoms with Gasteiger partial charge in [-0.1, -0.05) is 12.1 Å². The van der Waals surface area contributed by atoms with Crippen LogP contribution < -0.4 is 14.4 Å². The molecule has 0 spiro atoms. The Morgan fingerprint density at radius 2 is 1.86 bits per heavy atom. The molecule has 0 fully saturated rings. The van der Waals surface area contributed by atoms with Crippen LogP contribution in [0.4, 0.5) is 0 Å². The van der Waals surface area contributed by atoms with E-state index in [1.807, 2.05) is 30.5 Å². The lowest BCUT2D eigenvalue weighted by Crippen LogP contribution is -3.07. The van der Waals surface area contributed by atoms with Gasteiger partial charge in [0.25, 0.3) is 0 Å². The predicted molar refractivity (Wildman–Crippen MR) is 82.9 cm³/mol. The first-order valence-electron chi connectivity index (χ1n) is 7.15. The Morgan fingerprint density at radius 1 is 1.05 bits per heavy atom. The molecule has 0 aliphatic rings. The van der Waals surface area contributed by atoms with Crippen molar-refractivity contribution in [3.63, 3.8) is 0 Å². The Labute approximate surface area is 126 Å². The number of hydrogen-bond donors (Lipinski definition) is 1. The summed E-state index contributed by atoms with van der Waals surface area (Å²) in [5.74, 6) is 1.56.